The van der Waals surface area contributed by atoms with Crippen LogP contribution in [0.1, 0.15) is 18.4 Å². The van der Waals surface area contributed by atoms with Gasteiger partial charge in [-0.25, -0.2) is 14.8 Å². The number of ether oxygens (including phenoxy) is 1. The summed E-state index contributed by atoms with van der Waals surface area (Å²) in [5, 5.41) is 2.93. The SMILES string of the molecule is O=C(NC1CCN(c2ncccn2)CC1)OCc1ccccc1. The van der Waals surface area contributed by atoms with Crippen LogP contribution in [-0.4, -0.2) is 35.2 Å². The third kappa shape index (κ3) is 4.42. The Morgan fingerprint density at radius 3 is 2.52 bits per heavy atom. The van der Waals surface area contributed by atoms with Crippen molar-refractivity contribution < 1.29 is 9.53 Å². The van der Waals surface area contributed by atoms with E-state index in [0.29, 0.717) is 6.61 Å². The molecule has 6 nitrogen and oxygen atoms in total. The minimum Gasteiger partial charge on any atom is -0.445 e. The third-order valence-electron chi connectivity index (χ3n) is 3.86. The van der Waals surface area contributed by atoms with Crippen LogP contribution in [0, 0.1) is 0 Å². The van der Waals surface area contributed by atoms with Gasteiger partial charge >= 0.3 is 6.09 Å². The summed E-state index contributed by atoms with van der Waals surface area (Å²) in [7, 11) is 0. The summed E-state index contributed by atoms with van der Waals surface area (Å²) in [6, 6.07) is 11.6. The lowest BCUT2D eigenvalue weighted by atomic mass is 10.1. The van der Waals surface area contributed by atoms with Crippen molar-refractivity contribution in [2.24, 2.45) is 0 Å². The van der Waals surface area contributed by atoms with Gasteiger partial charge in [0.05, 0.1) is 0 Å². The van der Waals surface area contributed by atoms with E-state index in [1.807, 2.05) is 30.3 Å². The van der Waals surface area contributed by atoms with E-state index in [1.54, 1.807) is 18.5 Å². The molecular weight excluding hydrogens is 292 g/mol. The number of piperidine rings is 1. The van der Waals surface area contributed by atoms with Crippen LogP contribution in [-0.2, 0) is 11.3 Å². The van der Waals surface area contributed by atoms with Crippen molar-refractivity contribution in [1.82, 2.24) is 15.3 Å². The molecule has 1 fully saturated rings. The minimum atomic E-state index is -0.358. The van der Waals surface area contributed by atoms with Gasteiger partial charge < -0.3 is 15.0 Å². The lowest BCUT2D eigenvalue weighted by molar-refractivity contribution is 0.134. The molecule has 1 aliphatic heterocycles. The summed E-state index contributed by atoms with van der Waals surface area (Å²) in [5.74, 6) is 0.748. The maximum absolute atomic E-state index is 11.9. The maximum Gasteiger partial charge on any atom is 0.407 e. The summed E-state index contributed by atoms with van der Waals surface area (Å²) < 4.78 is 5.25. The Morgan fingerprint density at radius 1 is 1.13 bits per heavy atom. The van der Waals surface area contributed by atoms with Gasteiger partial charge in [0.15, 0.2) is 0 Å². The van der Waals surface area contributed by atoms with Gasteiger partial charge in [0.2, 0.25) is 5.95 Å². The molecule has 1 aromatic heterocycles. The molecule has 0 radical (unpaired) electrons. The van der Waals surface area contributed by atoms with Gasteiger partial charge in [-0.1, -0.05) is 30.3 Å². The number of nitrogens with zero attached hydrogens (tertiary/aromatic N) is 3. The number of carbonyl (C=O) groups is 1. The van der Waals surface area contributed by atoms with Crippen LogP contribution in [0.3, 0.4) is 0 Å². The predicted molar refractivity (Wildman–Crippen MR) is 87.0 cm³/mol. The van der Waals surface area contributed by atoms with Crippen LogP contribution in [0.2, 0.25) is 0 Å². The lowest BCUT2D eigenvalue weighted by Crippen LogP contribution is -2.45. The molecule has 1 amide bonds. The minimum absolute atomic E-state index is 0.137. The second kappa shape index (κ2) is 7.58. The summed E-state index contributed by atoms with van der Waals surface area (Å²) in [4.78, 5) is 22.5. The first-order valence-corrected chi connectivity index (χ1v) is 7.80. The smallest absolute Gasteiger partial charge is 0.407 e. The first kappa shape index (κ1) is 15.3. The van der Waals surface area contributed by atoms with Gasteiger partial charge in [-0.3, -0.25) is 0 Å². The van der Waals surface area contributed by atoms with Crippen molar-refractivity contribution >= 4 is 12.0 Å². The van der Waals surface area contributed by atoms with E-state index >= 15 is 0 Å². The van der Waals surface area contributed by atoms with Crippen LogP contribution in [0.15, 0.2) is 48.8 Å². The highest BCUT2D eigenvalue weighted by Crippen LogP contribution is 2.15. The zero-order valence-corrected chi connectivity index (χ0v) is 12.9. The fourth-order valence-electron chi connectivity index (χ4n) is 2.61. The maximum atomic E-state index is 11.9. The number of carbonyl (C=O) groups excluding carboxylic acids is 1. The molecule has 23 heavy (non-hydrogen) atoms. The Bertz CT molecular complexity index is 613. The average Bonchev–Trinajstić information content (AvgIpc) is 2.62. The van der Waals surface area contributed by atoms with E-state index in [9.17, 15) is 4.79 Å². The topological polar surface area (TPSA) is 67.4 Å². The van der Waals surface area contributed by atoms with Gasteiger partial charge in [-0.2, -0.15) is 0 Å². The quantitative estimate of drug-likeness (QED) is 0.939. The number of rotatable bonds is 4. The zero-order chi connectivity index (χ0) is 15.9. The zero-order valence-electron chi connectivity index (χ0n) is 12.9. The largest absolute Gasteiger partial charge is 0.445 e. The third-order valence-corrected chi connectivity index (χ3v) is 3.86. The van der Waals surface area contributed by atoms with Crippen LogP contribution >= 0.6 is 0 Å². The summed E-state index contributed by atoms with van der Waals surface area (Å²) >= 11 is 0. The Hall–Kier alpha value is -2.63. The molecule has 0 atom stereocenters. The van der Waals surface area contributed by atoms with Crippen LogP contribution in [0.25, 0.3) is 0 Å². The molecule has 0 spiro atoms. The fourth-order valence-corrected chi connectivity index (χ4v) is 2.61. The van der Waals surface area contributed by atoms with Crippen molar-refractivity contribution in [2.45, 2.75) is 25.5 Å². The molecule has 1 aliphatic rings. The van der Waals surface area contributed by atoms with Crippen molar-refractivity contribution in [3.63, 3.8) is 0 Å². The molecule has 0 unspecified atom stereocenters. The summed E-state index contributed by atoms with van der Waals surface area (Å²) in [5.41, 5.74) is 0.985. The Balaban J connectivity index is 1.41. The average molecular weight is 312 g/mol. The number of benzene rings is 1. The molecule has 0 saturated carbocycles. The highest BCUT2D eigenvalue weighted by molar-refractivity contribution is 5.67. The number of nitrogens with one attached hydrogen (secondary N) is 1. The Morgan fingerprint density at radius 2 is 1.83 bits per heavy atom. The molecule has 1 N–H and O–H groups in total. The standard InChI is InChI=1S/C17H20N4O2/c22-17(23-13-14-5-2-1-3-6-14)20-15-7-11-21(12-8-15)16-18-9-4-10-19-16/h1-6,9-10,15H,7-8,11-13H2,(H,20,22). The van der Waals surface area contributed by atoms with Gasteiger partial charge in [-0.15, -0.1) is 0 Å². The van der Waals surface area contributed by atoms with Crippen molar-refractivity contribution in [3.8, 4) is 0 Å². The van der Waals surface area contributed by atoms with Crippen LogP contribution in [0.5, 0.6) is 0 Å². The fraction of sp³-hybridized carbons (Fsp3) is 0.353. The van der Waals surface area contributed by atoms with E-state index < -0.39 is 0 Å². The highest BCUT2D eigenvalue weighted by atomic mass is 16.5. The molecule has 3 rings (SSSR count). The second-order valence-electron chi connectivity index (χ2n) is 5.52. The first-order chi connectivity index (χ1) is 11.3. The molecule has 2 aromatic rings. The number of anilines is 1. The normalized spacial score (nSPS) is 15.2. The molecule has 2 heterocycles. The van der Waals surface area contributed by atoms with Crippen molar-refractivity contribution in [2.75, 3.05) is 18.0 Å². The van der Waals surface area contributed by atoms with Gasteiger partial charge in [-0.05, 0) is 24.5 Å². The highest BCUT2D eigenvalue weighted by Gasteiger charge is 2.22. The Labute approximate surface area is 135 Å². The van der Waals surface area contributed by atoms with E-state index in [4.69, 9.17) is 4.74 Å². The number of aromatic nitrogens is 2. The van der Waals surface area contributed by atoms with Gasteiger partial charge in [0.1, 0.15) is 6.61 Å². The van der Waals surface area contributed by atoms with E-state index in [1.165, 1.54) is 0 Å². The number of hydrogen-bond donors (Lipinski definition) is 1. The monoisotopic (exact) mass is 312 g/mol. The summed E-state index contributed by atoms with van der Waals surface area (Å²) in [6.45, 7) is 1.95. The number of alkyl carbamates (subject to hydrolysis) is 1. The number of hydrogen-bond acceptors (Lipinski definition) is 5. The molecule has 120 valence electrons. The second-order valence-corrected chi connectivity index (χ2v) is 5.52. The van der Waals surface area contributed by atoms with E-state index in [-0.39, 0.29) is 12.1 Å². The molecular formula is C17H20N4O2. The first-order valence-electron chi connectivity index (χ1n) is 7.80. The van der Waals surface area contributed by atoms with Gasteiger partial charge in [0, 0.05) is 31.5 Å². The number of amides is 1. The lowest BCUT2D eigenvalue weighted by Gasteiger charge is -2.32. The van der Waals surface area contributed by atoms with Crippen molar-refractivity contribution in [1.29, 1.82) is 0 Å². The summed E-state index contributed by atoms with van der Waals surface area (Å²) in [6.07, 6.45) is 4.85. The van der Waals surface area contributed by atoms with Gasteiger partial charge in [0.25, 0.3) is 0 Å². The van der Waals surface area contributed by atoms with E-state index in [2.05, 4.69) is 20.2 Å². The van der Waals surface area contributed by atoms with Crippen molar-refractivity contribution in [3.05, 3.63) is 54.4 Å². The van der Waals surface area contributed by atoms with E-state index in [0.717, 1.165) is 37.4 Å². The molecule has 1 aromatic carbocycles. The molecule has 6 heteroatoms. The van der Waals surface area contributed by atoms with Crippen LogP contribution in [0.4, 0.5) is 10.7 Å². The Kier molecular flexibility index (Phi) is 5.03. The molecule has 0 bridgehead atoms. The predicted octanol–water partition coefficient (Wildman–Crippen LogP) is 2.37. The van der Waals surface area contributed by atoms with Crippen LogP contribution < -0.4 is 10.2 Å². The molecule has 1 saturated heterocycles. The molecule has 0 aliphatic carbocycles.